The van der Waals surface area contributed by atoms with Gasteiger partial charge in [0.15, 0.2) is 0 Å². The molecule has 2 atom stereocenters. The number of aromatic hydroxyl groups is 1. The van der Waals surface area contributed by atoms with Gasteiger partial charge >= 0.3 is 0 Å². The maximum Gasteiger partial charge on any atom is 0.129 e. The van der Waals surface area contributed by atoms with Gasteiger partial charge in [0.25, 0.3) is 0 Å². The van der Waals surface area contributed by atoms with Crippen molar-refractivity contribution >= 4 is 0 Å². The highest BCUT2D eigenvalue weighted by molar-refractivity contribution is 5.31. The number of para-hydroxylation sites is 1. The molecule has 2 unspecified atom stereocenters. The molecular formula is C20H24FNO3. The van der Waals surface area contributed by atoms with Crippen LogP contribution in [0.2, 0.25) is 0 Å². The SMILES string of the molecule is Oc1ccccc1CN(CC1CCCO1)CC(O)c1ccccc1F. The van der Waals surface area contributed by atoms with Crippen molar-refractivity contribution in [3.63, 3.8) is 0 Å². The van der Waals surface area contributed by atoms with Crippen molar-refractivity contribution in [2.24, 2.45) is 0 Å². The Balaban J connectivity index is 1.73. The van der Waals surface area contributed by atoms with Crippen molar-refractivity contribution in [3.8, 4) is 5.75 Å². The van der Waals surface area contributed by atoms with Gasteiger partial charge in [0, 0.05) is 37.4 Å². The van der Waals surface area contributed by atoms with Crippen LogP contribution in [0.1, 0.15) is 30.1 Å². The van der Waals surface area contributed by atoms with E-state index in [1.807, 2.05) is 17.0 Å². The first-order valence-electron chi connectivity index (χ1n) is 8.67. The largest absolute Gasteiger partial charge is 0.508 e. The number of rotatable bonds is 7. The molecule has 4 nitrogen and oxygen atoms in total. The molecule has 134 valence electrons. The van der Waals surface area contributed by atoms with E-state index < -0.39 is 11.9 Å². The van der Waals surface area contributed by atoms with Gasteiger partial charge in [-0.1, -0.05) is 36.4 Å². The van der Waals surface area contributed by atoms with Crippen LogP contribution in [0.15, 0.2) is 48.5 Å². The summed E-state index contributed by atoms with van der Waals surface area (Å²) in [4.78, 5) is 2.02. The predicted octanol–water partition coefficient (Wildman–Crippen LogP) is 3.25. The quantitative estimate of drug-likeness (QED) is 0.809. The minimum absolute atomic E-state index is 0.110. The zero-order valence-electron chi connectivity index (χ0n) is 14.1. The molecule has 1 fully saturated rings. The van der Waals surface area contributed by atoms with E-state index in [0.29, 0.717) is 13.1 Å². The van der Waals surface area contributed by atoms with Crippen LogP contribution in [-0.2, 0) is 11.3 Å². The number of phenolic OH excluding ortho intramolecular Hbond substituents is 1. The average Bonchev–Trinajstić information content (AvgIpc) is 3.10. The molecule has 1 saturated heterocycles. The number of hydrogen-bond acceptors (Lipinski definition) is 4. The molecular weight excluding hydrogens is 321 g/mol. The summed E-state index contributed by atoms with van der Waals surface area (Å²) in [5, 5.41) is 20.5. The molecule has 0 bridgehead atoms. The van der Waals surface area contributed by atoms with Gasteiger partial charge in [0.05, 0.1) is 12.2 Å². The predicted molar refractivity (Wildman–Crippen MR) is 93.7 cm³/mol. The Morgan fingerprint density at radius 3 is 2.64 bits per heavy atom. The third-order valence-corrected chi connectivity index (χ3v) is 4.57. The zero-order valence-corrected chi connectivity index (χ0v) is 14.1. The fourth-order valence-corrected chi connectivity index (χ4v) is 3.25. The fraction of sp³-hybridized carbons (Fsp3) is 0.400. The molecule has 5 heteroatoms. The zero-order chi connectivity index (χ0) is 17.6. The van der Waals surface area contributed by atoms with Crippen LogP contribution in [0.25, 0.3) is 0 Å². The Hall–Kier alpha value is -1.95. The summed E-state index contributed by atoms with van der Waals surface area (Å²) in [7, 11) is 0. The minimum atomic E-state index is -0.937. The first-order valence-corrected chi connectivity index (χ1v) is 8.67. The van der Waals surface area contributed by atoms with Crippen molar-refractivity contribution in [1.29, 1.82) is 0 Å². The summed E-state index contributed by atoms with van der Waals surface area (Å²) in [6, 6.07) is 13.4. The topological polar surface area (TPSA) is 52.9 Å². The van der Waals surface area contributed by atoms with Crippen LogP contribution < -0.4 is 0 Å². The third-order valence-electron chi connectivity index (χ3n) is 4.57. The van der Waals surface area contributed by atoms with E-state index in [1.54, 1.807) is 30.3 Å². The molecule has 0 saturated carbocycles. The van der Waals surface area contributed by atoms with Gasteiger partial charge < -0.3 is 14.9 Å². The van der Waals surface area contributed by atoms with Gasteiger partial charge in [-0.15, -0.1) is 0 Å². The van der Waals surface area contributed by atoms with Gasteiger partial charge in [-0.2, -0.15) is 0 Å². The highest BCUT2D eigenvalue weighted by atomic mass is 19.1. The average molecular weight is 345 g/mol. The van der Waals surface area contributed by atoms with Crippen molar-refractivity contribution in [2.75, 3.05) is 19.7 Å². The molecule has 2 aromatic carbocycles. The van der Waals surface area contributed by atoms with Gasteiger partial charge in [0.1, 0.15) is 11.6 Å². The summed E-state index contributed by atoms with van der Waals surface area (Å²) < 4.78 is 19.6. The van der Waals surface area contributed by atoms with E-state index in [1.165, 1.54) is 6.07 Å². The van der Waals surface area contributed by atoms with Crippen LogP contribution >= 0.6 is 0 Å². The van der Waals surface area contributed by atoms with Crippen molar-refractivity contribution in [3.05, 3.63) is 65.5 Å². The van der Waals surface area contributed by atoms with E-state index in [-0.39, 0.29) is 24.0 Å². The Bertz CT molecular complexity index is 688. The number of aliphatic hydroxyl groups excluding tert-OH is 1. The monoisotopic (exact) mass is 345 g/mol. The molecule has 2 N–H and O–H groups in total. The van der Waals surface area contributed by atoms with E-state index in [0.717, 1.165) is 25.0 Å². The Kier molecular flexibility index (Phi) is 6.02. The van der Waals surface area contributed by atoms with Crippen LogP contribution in [0, 0.1) is 5.82 Å². The lowest BCUT2D eigenvalue weighted by atomic mass is 10.1. The third kappa shape index (κ3) is 4.78. The van der Waals surface area contributed by atoms with Gasteiger partial charge in [-0.05, 0) is 25.0 Å². The number of ether oxygens (including phenoxy) is 1. The van der Waals surface area contributed by atoms with Crippen LogP contribution in [0.3, 0.4) is 0 Å². The summed E-state index contributed by atoms with van der Waals surface area (Å²) in [6.07, 6.45) is 1.19. The van der Waals surface area contributed by atoms with Gasteiger partial charge in [-0.25, -0.2) is 4.39 Å². The highest BCUT2D eigenvalue weighted by Gasteiger charge is 2.23. The lowest BCUT2D eigenvalue weighted by Gasteiger charge is -2.28. The van der Waals surface area contributed by atoms with Crippen LogP contribution in [0.5, 0.6) is 5.75 Å². The summed E-state index contributed by atoms with van der Waals surface area (Å²) in [6.45, 7) is 2.14. The van der Waals surface area contributed by atoms with Crippen molar-refractivity contribution in [2.45, 2.75) is 31.6 Å². The fourth-order valence-electron chi connectivity index (χ4n) is 3.25. The van der Waals surface area contributed by atoms with Crippen molar-refractivity contribution in [1.82, 2.24) is 4.90 Å². The van der Waals surface area contributed by atoms with E-state index >= 15 is 0 Å². The summed E-state index contributed by atoms with van der Waals surface area (Å²) >= 11 is 0. The number of nitrogens with zero attached hydrogens (tertiary/aromatic N) is 1. The van der Waals surface area contributed by atoms with Gasteiger partial charge in [0.2, 0.25) is 0 Å². The number of aliphatic hydroxyl groups is 1. The molecule has 0 spiro atoms. The Morgan fingerprint density at radius 1 is 1.16 bits per heavy atom. The maximum absolute atomic E-state index is 13.9. The second kappa shape index (κ2) is 8.43. The van der Waals surface area contributed by atoms with Gasteiger partial charge in [-0.3, -0.25) is 4.90 Å². The molecule has 0 aliphatic carbocycles. The second-order valence-electron chi connectivity index (χ2n) is 6.50. The minimum Gasteiger partial charge on any atom is -0.508 e. The van der Waals surface area contributed by atoms with Crippen molar-refractivity contribution < 1.29 is 19.3 Å². The molecule has 1 heterocycles. The number of benzene rings is 2. The lowest BCUT2D eigenvalue weighted by molar-refractivity contribution is 0.0449. The standard InChI is InChI=1S/C20H24FNO3/c21-18-9-3-2-8-17(18)20(24)14-22(13-16-7-5-11-25-16)12-15-6-1-4-10-19(15)23/h1-4,6,8-10,16,20,23-24H,5,7,11-14H2. The molecule has 0 aromatic heterocycles. The molecule has 1 aliphatic rings. The second-order valence-corrected chi connectivity index (χ2v) is 6.50. The van der Waals surface area contributed by atoms with E-state index in [9.17, 15) is 14.6 Å². The van der Waals surface area contributed by atoms with E-state index in [4.69, 9.17) is 4.74 Å². The van der Waals surface area contributed by atoms with Crippen LogP contribution in [0.4, 0.5) is 4.39 Å². The normalized spacial score (nSPS) is 18.6. The smallest absolute Gasteiger partial charge is 0.129 e. The molecule has 25 heavy (non-hydrogen) atoms. The Morgan fingerprint density at radius 2 is 1.92 bits per heavy atom. The molecule has 0 amide bonds. The first kappa shape index (κ1) is 17.9. The highest BCUT2D eigenvalue weighted by Crippen LogP contribution is 2.23. The number of halogens is 1. The number of phenols is 1. The Labute approximate surface area is 147 Å². The first-order chi connectivity index (χ1) is 12.1. The molecule has 3 rings (SSSR count). The van der Waals surface area contributed by atoms with Crippen LogP contribution in [-0.4, -0.2) is 40.9 Å². The lowest BCUT2D eigenvalue weighted by Crippen LogP contribution is -2.35. The molecule has 1 aliphatic heterocycles. The maximum atomic E-state index is 13.9. The summed E-state index contributed by atoms with van der Waals surface area (Å²) in [5.41, 5.74) is 1.07. The molecule has 2 aromatic rings. The van der Waals surface area contributed by atoms with E-state index in [2.05, 4.69) is 0 Å². The summed E-state index contributed by atoms with van der Waals surface area (Å²) in [5.74, 6) is -0.185. The number of hydrogen-bond donors (Lipinski definition) is 2. The molecule has 0 radical (unpaired) electrons.